The molecule has 0 unspecified atom stereocenters. The Bertz CT molecular complexity index is 406. The maximum absolute atomic E-state index is 12.2. The Kier molecular flexibility index (Phi) is 5.37. The van der Waals surface area contributed by atoms with E-state index in [1.807, 2.05) is 4.90 Å². The molecule has 0 radical (unpaired) electrons. The summed E-state index contributed by atoms with van der Waals surface area (Å²) in [6, 6.07) is 0.0575. The van der Waals surface area contributed by atoms with Crippen LogP contribution in [0.15, 0.2) is 11.6 Å². The average Bonchev–Trinajstić information content (AvgIpc) is 2.83. The van der Waals surface area contributed by atoms with E-state index in [4.69, 9.17) is 9.47 Å². The number of nitrogens with one attached hydrogen (secondary N) is 1. The number of urea groups is 1. The molecule has 0 bridgehead atoms. The van der Waals surface area contributed by atoms with Crippen LogP contribution in [0.1, 0.15) is 51.4 Å². The number of nitrogens with zero attached hydrogens (tertiary/aromatic N) is 1. The molecule has 0 saturated carbocycles. The van der Waals surface area contributed by atoms with Crippen molar-refractivity contribution in [1.82, 2.24) is 10.2 Å². The van der Waals surface area contributed by atoms with Gasteiger partial charge in [-0.25, -0.2) is 4.79 Å². The zero-order chi connectivity index (χ0) is 15.3. The molecule has 5 nitrogen and oxygen atoms in total. The van der Waals surface area contributed by atoms with Crippen molar-refractivity contribution < 1.29 is 14.3 Å². The number of piperidine rings is 1. The van der Waals surface area contributed by atoms with Crippen molar-refractivity contribution in [3.05, 3.63) is 11.6 Å². The lowest BCUT2D eigenvalue weighted by Gasteiger charge is -2.37. The number of hydrogen-bond donors (Lipinski definition) is 1. The first-order valence-corrected chi connectivity index (χ1v) is 8.76. The van der Waals surface area contributed by atoms with Crippen LogP contribution in [0.25, 0.3) is 0 Å². The molecule has 5 heteroatoms. The van der Waals surface area contributed by atoms with Gasteiger partial charge in [0.15, 0.2) is 5.79 Å². The van der Waals surface area contributed by atoms with Gasteiger partial charge in [-0.3, -0.25) is 0 Å². The van der Waals surface area contributed by atoms with Gasteiger partial charge in [-0.1, -0.05) is 18.1 Å². The quantitative estimate of drug-likeness (QED) is 0.816. The zero-order valence-corrected chi connectivity index (χ0v) is 13.4. The van der Waals surface area contributed by atoms with Crippen molar-refractivity contribution in [1.29, 1.82) is 0 Å². The first kappa shape index (κ1) is 15.8. The molecule has 0 atom stereocenters. The van der Waals surface area contributed by atoms with E-state index < -0.39 is 5.79 Å². The molecule has 0 aromatic rings. The fraction of sp³-hybridized carbons (Fsp3) is 0.824. The number of ether oxygens (including phenoxy) is 2. The van der Waals surface area contributed by atoms with E-state index in [-0.39, 0.29) is 6.03 Å². The summed E-state index contributed by atoms with van der Waals surface area (Å²) in [4.78, 5) is 14.1. The highest BCUT2D eigenvalue weighted by molar-refractivity contribution is 5.74. The zero-order valence-electron chi connectivity index (χ0n) is 13.4. The maximum atomic E-state index is 12.2. The topological polar surface area (TPSA) is 50.8 Å². The van der Waals surface area contributed by atoms with E-state index in [2.05, 4.69) is 11.4 Å². The molecular formula is C17H28N2O3. The van der Waals surface area contributed by atoms with E-state index in [1.165, 1.54) is 37.7 Å². The van der Waals surface area contributed by atoms with Gasteiger partial charge in [-0.2, -0.15) is 0 Å². The van der Waals surface area contributed by atoms with Gasteiger partial charge in [0.1, 0.15) is 0 Å². The average molecular weight is 308 g/mol. The van der Waals surface area contributed by atoms with E-state index in [0.717, 1.165) is 25.8 Å². The lowest BCUT2D eigenvalue weighted by Crippen LogP contribution is -2.50. The predicted molar refractivity (Wildman–Crippen MR) is 84.6 cm³/mol. The van der Waals surface area contributed by atoms with Crippen molar-refractivity contribution in [3.8, 4) is 0 Å². The van der Waals surface area contributed by atoms with Crippen LogP contribution in [0.5, 0.6) is 0 Å². The molecule has 2 heterocycles. The minimum absolute atomic E-state index is 0.0575. The van der Waals surface area contributed by atoms with Gasteiger partial charge in [0.2, 0.25) is 0 Å². The van der Waals surface area contributed by atoms with Crippen molar-refractivity contribution in [2.75, 3.05) is 32.8 Å². The number of amides is 2. The van der Waals surface area contributed by atoms with Gasteiger partial charge in [-0.05, 0) is 32.1 Å². The van der Waals surface area contributed by atoms with Gasteiger partial charge in [-0.15, -0.1) is 0 Å². The Labute approximate surface area is 133 Å². The standard InChI is InChI=1S/C17H28N2O3/c20-16(18-10-7-15-5-3-1-2-4-6-15)19-11-8-17(9-12-19)21-13-14-22-17/h5H,1-4,6-14H2,(H,18,20). The summed E-state index contributed by atoms with van der Waals surface area (Å²) in [5.41, 5.74) is 1.52. The summed E-state index contributed by atoms with van der Waals surface area (Å²) in [5, 5.41) is 3.06. The summed E-state index contributed by atoms with van der Waals surface area (Å²) in [6.45, 7) is 3.55. The number of rotatable bonds is 3. The largest absolute Gasteiger partial charge is 0.347 e. The van der Waals surface area contributed by atoms with Crippen LogP contribution >= 0.6 is 0 Å². The molecule has 1 N–H and O–H groups in total. The van der Waals surface area contributed by atoms with E-state index in [0.29, 0.717) is 26.3 Å². The third-order valence-corrected chi connectivity index (χ3v) is 4.98. The highest BCUT2D eigenvalue weighted by atomic mass is 16.7. The van der Waals surface area contributed by atoms with Gasteiger partial charge in [0.05, 0.1) is 13.2 Å². The van der Waals surface area contributed by atoms with Crippen LogP contribution in [0.3, 0.4) is 0 Å². The molecular weight excluding hydrogens is 280 g/mol. The van der Waals surface area contributed by atoms with Crippen molar-refractivity contribution in [2.24, 2.45) is 0 Å². The summed E-state index contributed by atoms with van der Waals surface area (Å²) in [7, 11) is 0. The molecule has 0 aromatic heterocycles. The molecule has 3 aliphatic rings. The molecule has 124 valence electrons. The normalized spacial score (nSPS) is 24.9. The van der Waals surface area contributed by atoms with Crippen molar-refractivity contribution in [2.45, 2.75) is 57.2 Å². The van der Waals surface area contributed by atoms with Crippen molar-refractivity contribution >= 4 is 6.03 Å². The van der Waals surface area contributed by atoms with Crippen LogP contribution in [0, 0.1) is 0 Å². The first-order chi connectivity index (χ1) is 10.8. The number of allylic oxidation sites excluding steroid dienone is 1. The second-order valence-corrected chi connectivity index (χ2v) is 6.54. The summed E-state index contributed by atoms with van der Waals surface area (Å²) >= 11 is 0. The van der Waals surface area contributed by atoms with E-state index in [1.54, 1.807) is 0 Å². The smallest absolute Gasteiger partial charge is 0.317 e. The van der Waals surface area contributed by atoms with Gasteiger partial charge < -0.3 is 19.7 Å². The molecule has 2 aliphatic heterocycles. The number of carbonyl (C=O) groups excluding carboxylic acids is 1. The lowest BCUT2D eigenvalue weighted by atomic mass is 10.0. The van der Waals surface area contributed by atoms with Crippen LogP contribution in [-0.4, -0.2) is 49.6 Å². The maximum Gasteiger partial charge on any atom is 0.317 e. The highest BCUT2D eigenvalue weighted by Crippen LogP contribution is 2.31. The summed E-state index contributed by atoms with van der Waals surface area (Å²) < 4.78 is 11.4. The van der Waals surface area contributed by atoms with Gasteiger partial charge in [0.25, 0.3) is 0 Å². The van der Waals surface area contributed by atoms with Crippen LogP contribution in [0.2, 0.25) is 0 Å². The van der Waals surface area contributed by atoms with Crippen LogP contribution in [-0.2, 0) is 9.47 Å². The lowest BCUT2D eigenvalue weighted by molar-refractivity contribution is -0.181. The van der Waals surface area contributed by atoms with E-state index >= 15 is 0 Å². The third-order valence-electron chi connectivity index (χ3n) is 4.98. The number of hydrogen-bond acceptors (Lipinski definition) is 3. The van der Waals surface area contributed by atoms with Gasteiger partial charge in [0, 0.05) is 32.5 Å². The predicted octanol–water partition coefficient (Wildman–Crippen LogP) is 2.82. The summed E-state index contributed by atoms with van der Waals surface area (Å²) in [5.74, 6) is -0.401. The number of likely N-dealkylation sites (tertiary alicyclic amines) is 1. The Morgan fingerprint density at radius 2 is 1.95 bits per heavy atom. The fourth-order valence-corrected chi connectivity index (χ4v) is 3.59. The third kappa shape index (κ3) is 4.02. The Morgan fingerprint density at radius 3 is 2.73 bits per heavy atom. The Balaban J connectivity index is 1.36. The highest BCUT2D eigenvalue weighted by Gasteiger charge is 2.40. The van der Waals surface area contributed by atoms with Crippen molar-refractivity contribution in [3.63, 3.8) is 0 Å². The Hall–Kier alpha value is -1.07. The molecule has 1 aliphatic carbocycles. The Morgan fingerprint density at radius 1 is 1.18 bits per heavy atom. The first-order valence-electron chi connectivity index (χ1n) is 8.76. The van der Waals surface area contributed by atoms with Gasteiger partial charge >= 0.3 is 6.03 Å². The minimum atomic E-state index is -0.401. The molecule has 3 rings (SSSR count). The summed E-state index contributed by atoms with van der Waals surface area (Å²) in [6.07, 6.45) is 11.3. The molecule has 22 heavy (non-hydrogen) atoms. The van der Waals surface area contributed by atoms with Crippen LogP contribution < -0.4 is 5.32 Å². The molecule has 2 saturated heterocycles. The molecule has 0 aromatic carbocycles. The second-order valence-electron chi connectivity index (χ2n) is 6.54. The van der Waals surface area contributed by atoms with E-state index in [9.17, 15) is 4.79 Å². The SMILES string of the molecule is O=C(NCCC1=CCCCCC1)N1CCC2(CC1)OCCO2. The van der Waals surface area contributed by atoms with Crippen LogP contribution in [0.4, 0.5) is 4.79 Å². The monoisotopic (exact) mass is 308 g/mol. The molecule has 1 spiro atoms. The number of carbonyl (C=O) groups is 1. The molecule has 2 fully saturated rings. The fourth-order valence-electron chi connectivity index (χ4n) is 3.59. The molecule has 2 amide bonds. The second kappa shape index (κ2) is 7.47. The minimum Gasteiger partial charge on any atom is -0.347 e.